The van der Waals surface area contributed by atoms with E-state index in [9.17, 15) is 0 Å². The molecule has 150 valence electrons. The van der Waals surface area contributed by atoms with E-state index in [1.807, 2.05) is 0 Å². The molecule has 0 aromatic heterocycles. The van der Waals surface area contributed by atoms with Gasteiger partial charge in [-0.05, 0) is 57.8 Å². The lowest BCUT2D eigenvalue weighted by Crippen LogP contribution is -2.59. The predicted octanol–water partition coefficient (Wildman–Crippen LogP) is -0.255. The molecule has 0 aromatic carbocycles. The molecular formula is C20H39N5O. The first-order valence-electron chi connectivity index (χ1n) is 11.1. The second-order valence-electron chi connectivity index (χ2n) is 8.87. The lowest BCUT2D eigenvalue weighted by Gasteiger charge is -2.45. The van der Waals surface area contributed by atoms with Gasteiger partial charge in [0.25, 0.3) is 0 Å². The van der Waals surface area contributed by atoms with E-state index in [1.165, 1.54) is 78.0 Å². The molecule has 0 radical (unpaired) electrons. The number of hydrogen-bond donors (Lipinski definition) is 2. The van der Waals surface area contributed by atoms with Crippen molar-refractivity contribution in [1.29, 1.82) is 0 Å². The minimum absolute atomic E-state index is 0.292. The van der Waals surface area contributed by atoms with Crippen molar-refractivity contribution in [3.63, 3.8) is 0 Å². The van der Waals surface area contributed by atoms with E-state index in [2.05, 4.69) is 24.9 Å². The largest absolute Gasteiger partial charge is 0.395 e. The van der Waals surface area contributed by atoms with Gasteiger partial charge in [0.1, 0.15) is 0 Å². The number of piperidine rings is 1. The minimum Gasteiger partial charge on any atom is -0.395 e. The molecule has 4 aliphatic heterocycles. The predicted molar refractivity (Wildman–Crippen MR) is 106 cm³/mol. The average Bonchev–Trinajstić information content (AvgIpc) is 3.35. The summed E-state index contributed by atoms with van der Waals surface area (Å²) >= 11 is 0. The lowest BCUT2D eigenvalue weighted by molar-refractivity contribution is 0.0402. The van der Waals surface area contributed by atoms with Crippen molar-refractivity contribution in [3.05, 3.63) is 0 Å². The van der Waals surface area contributed by atoms with E-state index in [1.54, 1.807) is 0 Å². The van der Waals surface area contributed by atoms with Crippen molar-refractivity contribution < 1.29 is 5.11 Å². The van der Waals surface area contributed by atoms with Crippen LogP contribution in [0.1, 0.15) is 25.7 Å². The first-order valence-corrected chi connectivity index (χ1v) is 11.1. The van der Waals surface area contributed by atoms with E-state index in [-0.39, 0.29) is 0 Å². The highest BCUT2D eigenvalue weighted by atomic mass is 16.3. The Bertz CT molecular complexity index is 422. The van der Waals surface area contributed by atoms with E-state index >= 15 is 0 Å². The van der Waals surface area contributed by atoms with Crippen molar-refractivity contribution in [2.24, 2.45) is 5.92 Å². The van der Waals surface area contributed by atoms with Crippen LogP contribution < -0.4 is 5.32 Å². The SMILES string of the molecule is OCCN1CCN(C2CNCCC2CN2CCC(N3CCCC3)C2)CC1. The average molecular weight is 366 g/mol. The standard InChI is InChI=1S/C20H39N5O/c26-14-13-22-9-11-25(12-10-22)20-15-21-5-3-18(20)16-23-8-4-19(17-23)24-6-1-2-7-24/h18-21,26H,1-17H2. The van der Waals surface area contributed by atoms with Crippen LogP contribution in [0.3, 0.4) is 0 Å². The summed E-state index contributed by atoms with van der Waals surface area (Å²) in [5.41, 5.74) is 0. The number of aliphatic hydroxyl groups is 1. The summed E-state index contributed by atoms with van der Waals surface area (Å²) in [4.78, 5) is 10.7. The Labute approximate surface area is 159 Å². The van der Waals surface area contributed by atoms with E-state index < -0.39 is 0 Å². The molecule has 0 aliphatic carbocycles. The molecule has 3 atom stereocenters. The molecule has 4 fully saturated rings. The van der Waals surface area contributed by atoms with Gasteiger partial charge in [0.15, 0.2) is 0 Å². The highest BCUT2D eigenvalue weighted by Crippen LogP contribution is 2.25. The third-order valence-corrected chi connectivity index (χ3v) is 7.28. The maximum Gasteiger partial charge on any atom is 0.0558 e. The summed E-state index contributed by atoms with van der Waals surface area (Å²) in [6.07, 6.45) is 5.53. The molecule has 0 spiro atoms. The van der Waals surface area contributed by atoms with Crippen LogP contribution in [0, 0.1) is 5.92 Å². The van der Waals surface area contributed by atoms with Crippen LogP contribution in [-0.4, -0.2) is 122 Å². The zero-order valence-corrected chi connectivity index (χ0v) is 16.5. The van der Waals surface area contributed by atoms with Crippen LogP contribution in [0.2, 0.25) is 0 Å². The van der Waals surface area contributed by atoms with Crippen molar-refractivity contribution in [1.82, 2.24) is 24.9 Å². The molecule has 0 amide bonds. The number of piperazine rings is 1. The summed E-state index contributed by atoms with van der Waals surface area (Å²) in [5.74, 6) is 0.818. The van der Waals surface area contributed by atoms with Crippen molar-refractivity contribution in [2.45, 2.75) is 37.8 Å². The lowest BCUT2D eigenvalue weighted by atomic mass is 9.90. The zero-order chi connectivity index (χ0) is 17.8. The second-order valence-corrected chi connectivity index (χ2v) is 8.87. The van der Waals surface area contributed by atoms with Crippen LogP contribution in [0.25, 0.3) is 0 Å². The normalized spacial score (nSPS) is 36.1. The Kier molecular flexibility index (Phi) is 6.83. The van der Waals surface area contributed by atoms with Gasteiger partial charge in [-0.25, -0.2) is 0 Å². The Morgan fingerprint density at radius 2 is 1.65 bits per heavy atom. The van der Waals surface area contributed by atoms with E-state index in [0.29, 0.717) is 12.6 Å². The summed E-state index contributed by atoms with van der Waals surface area (Å²) in [7, 11) is 0. The number of nitrogens with zero attached hydrogens (tertiary/aromatic N) is 4. The number of aliphatic hydroxyl groups excluding tert-OH is 1. The van der Waals surface area contributed by atoms with Crippen molar-refractivity contribution in [3.8, 4) is 0 Å². The topological polar surface area (TPSA) is 45.2 Å². The Morgan fingerprint density at radius 1 is 0.846 bits per heavy atom. The number of rotatable bonds is 6. The number of β-amino-alcohol motifs (C(OH)–C–C–N with tert-alkyl or cyclic N) is 1. The number of likely N-dealkylation sites (tertiary alicyclic amines) is 2. The molecule has 4 aliphatic rings. The fourth-order valence-electron chi connectivity index (χ4n) is 5.71. The molecule has 0 bridgehead atoms. The second kappa shape index (κ2) is 9.30. The van der Waals surface area contributed by atoms with Gasteiger partial charge in [-0.15, -0.1) is 0 Å². The first kappa shape index (κ1) is 19.1. The zero-order valence-electron chi connectivity index (χ0n) is 16.5. The third kappa shape index (κ3) is 4.59. The summed E-state index contributed by atoms with van der Waals surface area (Å²) in [6, 6.07) is 1.53. The first-order chi connectivity index (χ1) is 12.8. The molecule has 4 heterocycles. The summed E-state index contributed by atoms with van der Waals surface area (Å²) < 4.78 is 0. The van der Waals surface area contributed by atoms with Crippen molar-refractivity contribution >= 4 is 0 Å². The van der Waals surface area contributed by atoms with Gasteiger partial charge in [-0.2, -0.15) is 0 Å². The van der Waals surface area contributed by atoms with Gasteiger partial charge in [-0.3, -0.25) is 14.7 Å². The van der Waals surface area contributed by atoms with Gasteiger partial charge >= 0.3 is 0 Å². The minimum atomic E-state index is 0.292. The molecule has 6 nitrogen and oxygen atoms in total. The fraction of sp³-hybridized carbons (Fsp3) is 1.00. The van der Waals surface area contributed by atoms with Gasteiger partial charge in [0.2, 0.25) is 0 Å². The van der Waals surface area contributed by atoms with Gasteiger partial charge in [0, 0.05) is 64.4 Å². The summed E-state index contributed by atoms with van der Waals surface area (Å²) in [5, 5.41) is 12.8. The molecule has 2 N–H and O–H groups in total. The van der Waals surface area contributed by atoms with E-state index in [4.69, 9.17) is 5.11 Å². The summed E-state index contributed by atoms with van der Waals surface area (Å²) in [6.45, 7) is 14.6. The number of hydrogen-bond acceptors (Lipinski definition) is 6. The Hall–Kier alpha value is -0.240. The highest BCUT2D eigenvalue weighted by Gasteiger charge is 2.35. The molecule has 3 unspecified atom stereocenters. The van der Waals surface area contributed by atoms with Crippen LogP contribution in [-0.2, 0) is 0 Å². The third-order valence-electron chi connectivity index (χ3n) is 7.28. The van der Waals surface area contributed by atoms with Crippen LogP contribution in [0.15, 0.2) is 0 Å². The molecule has 0 aromatic rings. The number of nitrogens with one attached hydrogen (secondary N) is 1. The molecule has 6 heteroatoms. The maximum atomic E-state index is 9.16. The van der Waals surface area contributed by atoms with Gasteiger partial charge in [0.05, 0.1) is 6.61 Å². The highest BCUT2D eigenvalue weighted by molar-refractivity contribution is 4.92. The fourth-order valence-corrected chi connectivity index (χ4v) is 5.71. The molecule has 26 heavy (non-hydrogen) atoms. The quantitative estimate of drug-likeness (QED) is 0.677. The monoisotopic (exact) mass is 365 g/mol. The van der Waals surface area contributed by atoms with Crippen LogP contribution in [0.5, 0.6) is 0 Å². The van der Waals surface area contributed by atoms with Crippen LogP contribution in [0.4, 0.5) is 0 Å². The molecule has 0 saturated carbocycles. The molecule has 4 saturated heterocycles. The van der Waals surface area contributed by atoms with Crippen molar-refractivity contribution in [2.75, 3.05) is 85.1 Å². The smallest absolute Gasteiger partial charge is 0.0558 e. The Balaban J connectivity index is 1.27. The van der Waals surface area contributed by atoms with Gasteiger partial charge in [-0.1, -0.05) is 0 Å². The molecular weight excluding hydrogens is 326 g/mol. The Morgan fingerprint density at radius 3 is 2.42 bits per heavy atom. The van der Waals surface area contributed by atoms with Crippen LogP contribution >= 0.6 is 0 Å². The molecule has 4 rings (SSSR count). The van der Waals surface area contributed by atoms with Gasteiger partial charge < -0.3 is 15.3 Å². The maximum absolute atomic E-state index is 9.16. The van der Waals surface area contributed by atoms with E-state index in [0.717, 1.165) is 38.1 Å².